The molecule has 0 aliphatic carbocycles. The first-order valence-electron chi connectivity index (χ1n) is 11.3. The molecule has 1 aromatic heterocycles. The zero-order valence-electron chi connectivity index (χ0n) is 20.0. The van der Waals surface area contributed by atoms with Gasteiger partial charge in [-0.05, 0) is 76.8 Å². The van der Waals surface area contributed by atoms with Crippen molar-refractivity contribution in [3.05, 3.63) is 45.1 Å². The summed E-state index contributed by atoms with van der Waals surface area (Å²) >= 11 is 7.18. The highest BCUT2D eigenvalue weighted by Gasteiger charge is 2.39. The van der Waals surface area contributed by atoms with Crippen LogP contribution in [0, 0.1) is 23.2 Å². The van der Waals surface area contributed by atoms with Crippen molar-refractivity contribution in [2.45, 2.75) is 40.5 Å². The Labute approximate surface area is 210 Å². The summed E-state index contributed by atoms with van der Waals surface area (Å²) in [6.07, 6.45) is 1.60. The van der Waals surface area contributed by atoms with E-state index in [2.05, 4.69) is 11.8 Å². The van der Waals surface area contributed by atoms with Crippen LogP contribution in [0.25, 0.3) is 0 Å². The van der Waals surface area contributed by atoms with Crippen molar-refractivity contribution >= 4 is 47.4 Å². The predicted octanol–water partition coefficient (Wildman–Crippen LogP) is 6.29. The molecule has 0 saturated carbocycles. The Balaban J connectivity index is 2.17. The van der Waals surface area contributed by atoms with E-state index in [0.717, 1.165) is 24.2 Å². The number of carboxylic acids is 1. The Morgan fingerprint density at radius 2 is 1.94 bits per heavy atom. The molecule has 0 bridgehead atoms. The normalized spacial score (nSPS) is 16.4. The van der Waals surface area contributed by atoms with Gasteiger partial charge in [-0.15, -0.1) is 11.3 Å². The van der Waals surface area contributed by atoms with Gasteiger partial charge in [0, 0.05) is 30.2 Å². The van der Waals surface area contributed by atoms with E-state index in [1.54, 1.807) is 41.9 Å². The number of nitrogens with zero attached hydrogens (tertiary/aromatic N) is 1. The SMILES string of the molecule is CCOP(=O)(c1ccc(Cl)cc1)N(CC1CCOCC1)c1cc(C#CC(C)(C)C)sc1C(=O)O. The molecule has 0 spiro atoms. The largest absolute Gasteiger partial charge is 0.477 e. The lowest BCUT2D eigenvalue weighted by atomic mass is 9.98. The van der Waals surface area contributed by atoms with Crippen LogP contribution in [0.1, 0.15) is 55.1 Å². The first-order chi connectivity index (χ1) is 16.0. The fourth-order valence-corrected chi connectivity index (χ4v) is 7.02. The lowest BCUT2D eigenvalue weighted by Crippen LogP contribution is -2.34. The van der Waals surface area contributed by atoms with Crippen molar-refractivity contribution in [3.63, 3.8) is 0 Å². The smallest absolute Gasteiger partial charge is 0.348 e. The van der Waals surface area contributed by atoms with Crippen molar-refractivity contribution in [3.8, 4) is 11.8 Å². The molecule has 2 aromatic rings. The number of carboxylic acid groups (broad SMARTS) is 1. The Hall–Kier alpha value is -1.81. The van der Waals surface area contributed by atoms with E-state index in [1.165, 1.54) is 0 Å². The Kier molecular flexibility index (Phi) is 8.89. The van der Waals surface area contributed by atoms with Crippen LogP contribution in [0.4, 0.5) is 5.69 Å². The Morgan fingerprint density at radius 1 is 1.29 bits per heavy atom. The molecule has 1 saturated heterocycles. The molecule has 184 valence electrons. The van der Waals surface area contributed by atoms with Crippen LogP contribution in [-0.4, -0.2) is 37.4 Å². The highest BCUT2D eigenvalue weighted by Crippen LogP contribution is 2.54. The lowest BCUT2D eigenvalue weighted by molar-refractivity contribution is 0.0683. The number of thiophene rings is 1. The minimum Gasteiger partial charge on any atom is -0.477 e. The number of anilines is 1. The van der Waals surface area contributed by atoms with Gasteiger partial charge in [0.25, 0.3) is 0 Å². The van der Waals surface area contributed by atoms with Crippen LogP contribution in [0.5, 0.6) is 0 Å². The monoisotopic (exact) mass is 523 g/mol. The number of carbonyl (C=O) groups is 1. The summed E-state index contributed by atoms with van der Waals surface area (Å²) in [4.78, 5) is 13.0. The Morgan fingerprint density at radius 3 is 2.50 bits per heavy atom. The molecular formula is C25H31ClNO5PS. The quantitative estimate of drug-likeness (QED) is 0.324. The van der Waals surface area contributed by atoms with Crippen LogP contribution >= 0.6 is 30.5 Å². The van der Waals surface area contributed by atoms with Crippen LogP contribution < -0.4 is 9.97 Å². The highest BCUT2D eigenvalue weighted by molar-refractivity contribution is 7.68. The second-order valence-electron chi connectivity index (χ2n) is 9.18. The summed E-state index contributed by atoms with van der Waals surface area (Å²) in [5.41, 5.74) is 0.133. The standard InChI is InChI=1S/C25H31ClNO5PS/c1-5-32-33(30,20-8-6-19(26)7-9-20)27(17-18-11-14-31-15-12-18)22-16-21(10-13-25(2,3)4)34-23(22)24(28)29/h6-9,16,18H,5,11-12,14-15,17H2,1-4H3,(H,28,29). The van der Waals surface area contributed by atoms with Gasteiger partial charge in [0.15, 0.2) is 0 Å². The fraction of sp³-hybridized carbons (Fsp3) is 0.480. The van der Waals surface area contributed by atoms with Crippen LogP contribution in [0.2, 0.25) is 5.02 Å². The molecule has 2 heterocycles. The number of hydrogen-bond acceptors (Lipinski definition) is 5. The summed E-state index contributed by atoms with van der Waals surface area (Å²) in [7, 11) is -3.67. The fourth-order valence-electron chi connectivity index (χ4n) is 3.65. The lowest BCUT2D eigenvalue weighted by Gasteiger charge is -2.36. The second kappa shape index (κ2) is 11.3. The third-order valence-electron chi connectivity index (χ3n) is 5.29. The van der Waals surface area contributed by atoms with Gasteiger partial charge in [-0.25, -0.2) is 4.79 Å². The van der Waals surface area contributed by atoms with Gasteiger partial charge in [-0.2, -0.15) is 0 Å². The number of aromatic carboxylic acids is 1. The van der Waals surface area contributed by atoms with Crippen LogP contribution in [0.15, 0.2) is 30.3 Å². The van der Waals surface area contributed by atoms with Gasteiger partial charge in [0.1, 0.15) is 4.88 Å². The molecule has 0 radical (unpaired) electrons. The van der Waals surface area contributed by atoms with Gasteiger partial charge in [0.05, 0.1) is 22.5 Å². The van der Waals surface area contributed by atoms with E-state index in [1.807, 2.05) is 20.8 Å². The van der Waals surface area contributed by atoms with E-state index < -0.39 is 13.5 Å². The van der Waals surface area contributed by atoms with Crippen molar-refractivity contribution in [1.82, 2.24) is 0 Å². The van der Waals surface area contributed by atoms with Gasteiger partial charge in [0.2, 0.25) is 0 Å². The summed E-state index contributed by atoms with van der Waals surface area (Å²) < 4.78 is 27.7. The zero-order chi connectivity index (χ0) is 24.9. The van der Waals surface area contributed by atoms with Crippen LogP contribution in [0.3, 0.4) is 0 Å². The zero-order valence-corrected chi connectivity index (χ0v) is 22.4. The molecule has 1 aromatic carbocycles. The number of hydrogen-bond donors (Lipinski definition) is 1. The van der Waals surface area contributed by atoms with E-state index in [4.69, 9.17) is 20.9 Å². The number of halogens is 1. The van der Waals surface area contributed by atoms with Crippen molar-refractivity contribution in [2.75, 3.05) is 31.0 Å². The molecule has 9 heteroatoms. The van der Waals surface area contributed by atoms with Gasteiger partial charge >= 0.3 is 13.5 Å². The maximum absolute atomic E-state index is 14.6. The average molecular weight is 524 g/mol. The molecule has 1 aliphatic heterocycles. The van der Waals surface area contributed by atoms with Crippen molar-refractivity contribution in [2.24, 2.45) is 11.3 Å². The third-order valence-corrected chi connectivity index (χ3v) is 9.15. The van der Waals surface area contributed by atoms with Crippen molar-refractivity contribution in [1.29, 1.82) is 0 Å². The molecule has 1 atom stereocenters. The van der Waals surface area contributed by atoms with Gasteiger partial charge < -0.3 is 14.4 Å². The second-order valence-corrected chi connectivity index (χ2v) is 13.0. The van der Waals surface area contributed by atoms with Gasteiger partial charge in [-0.1, -0.05) is 23.4 Å². The van der Waals surface area contributed by atoms with Gasteiger partial charge in [-0.3, -0.25) is 9.24 Å². The Bertz CT molecular complexity index is 1110. The van der Waals surface area contributed by atoms with E-state index in [-0.39, 0.29) is 22.8 Å². The average Bonchev–Trinajstić information content (AvgIpc) is 3.21. The molecule has 3 rings (SSSR count). The predicted molar refractivity (Wildman–Crippen MR) is 139 cm³/mol. The highest BCUT2D eigenvalue weighted by atomic mass is 35.5. The molecule has 34 heavy (non-hydrogen) atoms. The van der Waals surface area contributed by atoms with Crippen LogP contribution in [-0.2, 0) is 13.8 Å². The molecule has 1 N–H and O–H groups in total. The number of ether oxygens (including phenoxy) is 1. The minimum absolute atomic E-state index is 0.0964. The molecule has 1 aliphatic rings. The summed E-state index contributed by atoms with van der Waals surface area (Å²) in [5.74, 6) is 5.35. The third kappa shape index (κ3) is 6.65. The maximum atomic E-state index is 14.6. The summed E-state index contributed by atoms with van der Waals surface area (Å²) in [6.45, 7) is 9.59. The molecule has 1 fully saturated rings. The van der Waals surface area contributed by atoms with E-state index in [0.29, 0.717) is 40.7 Å². The molecule has 0 amide bonds. The summed E-state index contributed by atoms with van der Waals surface area (Å²) in [5, 5.41) is 11.0. The van der Waals surface area contributed by atoms with Crippen molar-refractivity contribution < 1.29 is 23.7 Å². The van der Waals surface area contributed by atoms with E-state index in [9.17, 15) is 14.5 Å². The molecule has 1 unspecified atom stereocenters. The number of benzene rings is 1. The first kappa shape index (κ1) is 26.8. The first-order valence-corrected chi connectivity index (χ1v) is 14.1. The summed E-state index contributed by atoms with van der Waals surface area (Å²) in [6, 6.07) is 8.43. The topological polar surface area (TPSA) is 76.1 Å². The molecule has 6 nitrogen and oxygen atoms in total. The number of rotatable bonds is 8. The maximum Gasteiger partial charge on any atom is 0.348 e. The molecular weight excluding hydrogens is 493 g/mol. The minimum atomic E-state index is -3.67. The van der Waals surface area contributed by atoms with E-state index >= 15 is 0 Å².